The Hall–Kier alpha value is -6.65. The van der Waals surface area contributed by atoms with Crippen molar-refractivity contribution in [3.8, 4) is 39.9 Å². The standard InChI is InChI=1S/C45H28N4/c1-3-14-31(15-4-1)43-46-44(32-16-5-2-6-17-32)48-45(47-43)36-20-10-12-22-40(36)49-39-21-11-9-19-35(39)38-28-37-33(27-41(38)49)26-25-30-24-23-29-13-7-8-18-34(29)42(30)37/h1-28H. The lowest BCUT2D eigenvalue weighted by Gasteiger charge is -2.15. The molecule has 10 aromatic rings. The second kappa shape index (κ2) is 11.0. The van der Waals surface area contributed by atoms with E-state index >= 15 is 0 Å². The van der Waals surface area contributed by atoms with E-state index in [-0.39, 0.29) is 0 Å². The highest BCUT2D eigenvalue weighted by atomic mass is 15.1. The summed E-state index contributed by atoms with van der Waals surface area (Å²) in [6.07, 6.45) is 0. The first-order valence-electron chi connectivity index (χ1n) is 16.5. The number of hydrogen-bond acceptors (Lipinski definition) is 3. The van der Waals surface area contributed by atoms with Crippen molar-refractivity contribution < 1.29 is 0 Å². The number of hydrogen-bond donors (Lipinski definition) is 0. The van der Waals surface area contributed by atoms with Crippen LogP contribution in [0.1, 0.15) is 0 Å². The largest absolute Gasteiger partial charge is 0.308 e. The molecule has 0 radical (unpaired) electrons. The van der Waals surface area contributed by atoms with Crippen molar-refractivity contribution in [3.63, 3.8) is 0 Å². The molecule has 0 fully saturated rings. The third-order valence-electron chi connectivity index (χ3n) is 9.60. The van der Waals surface area contributed by atoms with Gasteiger partial charge < -0.3 is 4.57 Å². The van der Waals surface area contributed by atoms with Crippen LogP contribution in [0.4, 0.5) is 0 Å². The van der Waals surface area contributed by atoms with Crippen molar-refractivity contribution in [2.24, 2.45) is 0 Å². The molecule has 2 aromatic heterocycles. The van der Waals surface area contributed by atoms with Gasteiger partial charge in [-0.3, -0.25) is 0 Å². The van der Waals surface area contributed by atoms with Crippen LogP contribution in [-0.2, 0) is 0 Å². The third-order valence-corrected chi connectivity index (χ3v) is 9.60. The molecule has 0 bridgehead atoms. The van der Waals surface area contributed by atoms with Crippen molar-refractivity contribution in [2.75, 3.05) is 0 Å². The Morgan fingerprint density at radius 1 is 0.347 bits per heavy atom. The molecule has 0 saturated carbocycles. The molecule has 8 aromatic carbocycles. The third kappa shape index (κ3) is 4.42. The van der Waals surface area contributed by atoms with Crippen molar-refractivity contribution in [3.05, 3.63) is 170 Å². The molecular weight excluding hydrogens is 597 g/mol. The Labute approximate surface area is 282 Å². The predicted octanol–water partition coefficient (Wildman–Crippen LogP) is 11.4. The molecule has 0 atom stereocenters. The molecule has 49 heavy (non-hydrogen) atoms. The van der Waals surface area contributed by atoms with E-state index in [1.54, 1.807) is 0 Å². The molecule has 10 rings (SSSR count). The minimum absolute atomic E-state index is 0.632. The Morgan fingerprint density at radius 3 is 1.67 bits per heavy atom. The van der Waals surface area contributed by atoms with Crippen LogP contribution in [0.5, 0.6) is 0 Å². The highest BCUT2D eigenvalue weighted by Crippen LogP contribution is 2.40. The zero-order chi connectivity index (χ0) is 32.3. The lowest BCUT2D eigenvalue weighted by molar-refractivity contribution is 1.06. The molecule has 0 amide bonds. The Morgan fingerprint density at radius 2 is 0.918 bits per heavy atom. The van der Waals surface area contributed by atoms with Crippen LogP contribution >= 0.6 is 0 Å². The van der Waals surface area contributed by atoms with Crippen LogP contribution < -0.4 is 0 Å². The van der Waals surface area contributed by atoms with Gasteiger partial charge in [0, 0.05) is 27.5 Å². The fourth-order valence-electron chi connectivity index (χ4n) is 7.34. The molecule has 0 N–H and O–H groups in total. The van der Waals surface area contributed by atoms with Crippen molar-refractivity contribution >= 4 is 54.1 Å². The fourth-order valence-corrected chi connectivity index (χ4v) is 7.34. The second-order valence-corrected chi connectivity index (χ2v) is 12.4. The number of benzene rings is 8. The predicted molar refractivity (Wildman–Crippen MR) is 203 cm³/mol. The molecule has 4 nitrogen and oxygen atoms in total. The summed E-state index contributed by atoms with van der Waals surface area (Å²) in [4.78, 5) is 15.2. The minimum atomic E-state index is 0.632. The Kier molecular flexibility index (Phi) is 6.15. The minimum Gasteiger partial charge on any atom is -0.308 e. The fraction of sp³-hybridized carbons (Fsp3) is 0. The highest BCUT2D eigenvalue weighted by Gasteiger charge is 2.20. The zero-order valence-corrected chi connectivity index (χ0v) is 26.5. The number of fused-ring (bicyclic) bond motifs is 8. The average Bonchev–Trinajstić information content (AvgIpc) is 3.50. The van der Waals surface area contributed by atoms with Gasteiger partial charge in [0.2, 0.25) is 0 Å². The zero-order valence-electron chi connectivity index (χ0n) is 26.5. The molecule has 0 aliphatic carbocycles. The van der Waals surface area contributed by atoms with Crippen molar-refractivity contribution in [2.45, 2.75) is 0 Å². The van der Waals surface area contributed by atoms with Crippen LogP contribution in [-0.4, -0.2) is 19.5 Å². The molecular formula is C45H28N4. The van der Waals surface area contributed by atoms with Crippen LogP contribution in [0.25, 0.3) is 94.0 Å². The van der Waals surface area contributed by atoms with Gasteiger partial charge in [0.05, 0.1) is 16.7 Å². The quantitative estimate of drug-likeness (QED) is 0.183. The summed E-state index contributed by atoms with van der Waals surface area (Å²) in [5.74, 6) is 1.92. The first kappa shape index (κ1) is 27.5. The van der Waals surface area contributed by atoms with Crippen molar-refractivity contribution in [1.82, 2.24) is 19.5 Å². The summed E-state index contributed by atoms with van der Waals surface area (Å²) in [5, 5.41) is 9.95. The summed E-state index contributed by atoms with van der Waals surface area (Å²) in [5.41, 5.74) is 6.12. The van der Waals surface area contributed by atoms with Gasteiger partial charge in [-0.2, -0.15) is 0 Å². The Bertz CT molecular complexity index is 2820. The molecule has 0 unspecified atom stereocenters. The number of rotatable bonds is 4. The van der Waals surface area contributed by atoms with E-state index in [1.165, 1.54) is 43.1 Å². The molecule has 0 spiro atoms. The SMILES string of the molecule is c1ccc(-c2nc(-c3ccccc3)nc(-c3ccccc3-n3c4ccccc4c4cc5c(ccc6ccc7ccccc7c65)cc43)n2)cc1. The molecule has 0 aliphatic heterocycles. The van der Waals surface area contributed by atoms with Crippen LogP contribution in [0, 0.1) is 0 Å². The first-order chi connectivity index (χ1) is 24.3. The van der Waals surface area contributed by atoms with E-state index < -0.39 is 0 Å². The van der Waals surface area contributed by atoms with Gasteiger partial charge in [-0.15, -0.1) is 0 Å². The topological polar surface area (TPSA) is 43.6 Å². The molecule has 228 valence electrons. The van der Waals surface area contributed by atoms with Gasteiger partial charge in [-0.1, -0.05) is 140 Å². The maximum atomic E-state index is 5.11. The highest BCUT2D eigenvalue weighted by molar-refractivity contribution is 6.24. The average molecular weight is 625 g/mol. The maximum absolute atomic E-state index is 5.11. The van der Waals surface area contributed by atoms with Gasteiger partial charge in [0.15, 0.2) is 17.5 Å². The van der Waals surface area contributed by atoms with E-state index in [0.29, 0.717) is 17.5 Å². The van der Waals surface area contributed by atoms with Crippen molar-refractivity contribution in [1.29, 1.82) is 0 Å². The lowest BCUT2D eigenvalue weighted by atomic mass is 9.95. The van der Waals surface area contributed by atoms with Gasteiger partial charge in [-0.05, 0) is 62.6 Å². The van der Waals surface area contributed by atoms with Crippen LogP contribution in [0.15, 0.2) is 170 Å². The van der Waals surface area contributed by atoms with Gasteiger partial charge in [0.1, 0.15) is 0 Å². The molecule has 2 heterocycles. The van der Waals surface area contributed by atoms with Gasteiger partial charge in [-0.25, -0.2) is 15.0 Å². The monoisotopic (exact) mass is 624 g/mol. The number of aromatic nitrogens is 4. The number of para-hydroxylation sites is 2. The maximum Gasteiger partial charge on any atom is 0.166 e. The molecule has 0 aliphatic rings. The van der Waals surface area contributed by atoms with Gasteiger partial charge >= 0.3 is 0 Å². The Balaban J connectivity index is 1.27. The van der Waals surface area contributed by atoms with Crippen LogP contribution in [0.3, 0.4) is 0 Å². The van der Waals surface area contributed by atoms with E-state index in [4.69, 9.17) is 15.0 Å². The van der Waals surface area contributed by atoms with E-state index in [0.717, 1.165) is 33.4 Å². The summed E-state index contributed by atoms with van der Waals surface area (Å²) < 4.78 is 2.38. The first-order valence-corrected chi connectivity index (χ1v) is 16.5. The summed E-state index contributed by atoms with van der Waals surface area (Å²) in [6, 6.07) is 59.8. The summed E-state index contributed by atoms with van der Waals surface area (Å²) in [6.45, 7) is 0. The smallest absolute Gasteiger partial charge is 0.166 e. The lowest BCUT2D eigenvalue weighted by Crippen LogP contribution is -2.03. The molecule has 0 saturated heterocycles. The summed E-state index contributed by atoms with van der Waals surface area (Å²) in [7, 11) is 0. The van der Waals surface area contributed by atoms with Crippen LogP contribution in [0.2, 0.25) is 0 Å². The van der Waals surface area contributed by atoms with E-state index in [2.05, 4.69) is 114 Å². The number of nitrogens with zero attached hydrogens (tertiary/aromatic N) is 4. The summed E-state index contributed by atoms with van der Waals surface area (Å²) >= 11 is 0. The van der Waals surface area contributed by atoms with E-state index in [1.807, 2.05) is 60.7 Å². The van der Waals surface area contributed by atoms with Gasteiger partial charge in [0.25, 0.3) is 0 Å². The molecule has 4 heteroatoms. The normalized spacial score (nSPS) is 11.7. The second-order valence-electron chi connectivity index (χ2n) is 12.4. The van der Waals surface area contributed by atoms with E-state index in [9.17, 15) is 0 Å².